The van der Waals surface area contributed by atoms with Crippen LogP contribution in [0.5, 0.6) is 0 Å². The van der Waals surface area contributed by atoms with Gasteiger partial charge in [0.1, 0.15) is 5.41 Å². The molecule has 0 N–H and O–H groups in total. The summed E-state index contributed by atoms with van der Waals surface area (Å²) < 4.78 is 15.7. The molecule has 2 heterocycles. The van der Waals surface area contributed by atoms with Gasteiger partial charge in [-0.2, -0.15) is 9.97 Å². The van der Waals surface area contributed by atoms with Gasteiger partial charge in [-0.3, -0.25) is 9.59 Å². The van der Waals surface area contributed by atoms with Crippen LogP contribution in [0.2, 0.25) is 0 Å². The Bertz CT molecular complexity index is 634. The third-order valence-corrected chi connectivity index (χ3v) is 3.19. The molecule has 1 aliphatic rings. The van der Waals surface area contributed by atoms with Gasteiger partial charge in [-0.1, -0.05) is 13.8 Å². The Kier molecular flexibility index (Phi) is 2.84. The van der Waals surface area contributed by atoms with Gasteiger partial charge < -0.3 is 13.6 Å². The lowest BCUT2D eigenvalue weighted by Crippen LogP contribution is -2.25. The van der Waals surface area contributed by atoms with E-state index in [4.69, 9.17) is 13.6 Å². The van der Waals surface area contributed by atoms with Gasteiger partial charge in [-0.15, -0.1) is 0 Å². The highest BCUT2D eigenvalue weighted by molar-refractivity contribution is 5.86. The molecular weight excluding hydrogens is 264 g/mol. The Morgan fingerprint density at radius 2 is 2.05 bits per heavy atom. The second-order valence-corrected chi connectivity index (χ2v) is 5.37. The Morgan fingerprint density at radius 1 is 1.35 bits per heavy atom. The second-order valence-electron chi connectivity index (χ2n) is 5.37. The van der Waals surface area contributed by atoms with Crippen LogP contribution in [0.1, 0.15) is 43.3 Å². The fourth-order valence-corrected chi connectivity index (χ4v) is 1.92. The smallest absolute Gasteiger partial charge is 0.321 e. The van der Waals surface area contributed by atoms with E-state index in [0.29, 0.717) is 25.7 Å². The zero-order valence-corrected chi connectivity index (χ0v) is 11.2. The number of hydrogen-bond acceptors (Lipinski definition) is 7. The van der Waals surface area contributed by atoms with Gasteiger partial charge in [0.15, 0.2) is 0 Å². The first-order chi connectivity index (χ1) is 9.55. The minimum atomic E-state index is -0.806. The molecular formula is C13H14N2O5. The van der Waals surface area contributed by atoms with Crippen molar-refractivity contribution in [1.29, 1.82) is 0 Å². The third-order valence-electron chi connectivity index (χ3n) is 3.19. The molecule has 0 atom stereocenters. The van der Waals surface area contributed by atoms with Crippen LogP contribution in [0.4, 0.5) is 0 Å². The fraction of sp³-hybridized carbons (Fsp3) is 0.538. The molecule has 0 spiro atoms. The van der Waals surface area contributed by atoms with Crippen molar-refractivity contribution in [2.45, 2.75) is 32.1 Å². The van der Waals surface area contributed by atoms with E-state index in [1.165, 1.54) is 0 Å². The highest BCUT2D eigenvalue weighted by Crippen LogP contribution is 2.49. The van der Waals surface area contributed by atoms with Crippen molar-refractivity contribution in [2.24, 2.45) is 5.92 Å². The largest absolute Gasteiger partial charge is 0.465 e. The van der Waals surface area contributed by atoms with Crippen LogP contribution in [-0.4, -0.2) is 28.8 Å². The summed E-state index contributed by atoms with van der Waals surface area (Å²) in [6.45, 7) is 4.30. The summed E-state index contributed by atoms with van der Waals surface area (Å²) in [7, 11) is 0. The number of esters is 1. The number of aromatic nitrogens is 2. The molecule has 7 nitrogen and oxygen atoms in total. The highest BCUT2D eigenvalue weighted by atomic mass is 16.5. The predicted molar refractivity (Wildman–Crippen MR) is 66.2 cm³/mol. The van der Waals surface area contributed by atoms with Gasteiger partial charge in [-0.25, -0.2) is 0 Å². The summed E-state index contributed by atoms with van der Waals surface area (Å²) in [5.74, 6) is 0.105. The van der Waals surface area contributed by atoms with E-state index in [2.05, 4.69) is 9.97 Å². The van der Waals surface area contributed by atoms with E-state index >= 15 is 0 Å². The number of ether oxygens (including phenoxy) is 1. The molecule has 20 heavy (non-hydrogen) atoms. The number of carbonyl (C=O) groups is 2. The SMILES string of the molecule is CC(C)COC(=O)C1(c2nc3oc(C=O)nc3o2)CC1. The maximum Gasteiger partial charge on any atom is 0.321 e. The van der Waals surface area contributed by atoms with Crippen LogP contribution in [0.25, 0.3) is 11.4 Å². The van der Waals surface area contributed by atoms with E-state index in [0.717, 1.165) is 0 Å². The van der Waals surface area contributed by atoms with Crippen molar-refractivity contribution in [3.63, 3.8) is 0 Å². The zero-order chi connectivity index (χ0) is 14.3. The van der Waals surface area contributed by atoms with Crippen LogP contribution in [-0.2, 0) is 14.9 Å². The molecule has 0 bridgehead atoms. The maximum atomic E-state index is 12.1. The van der Waals surface area contributed by atoms with E-state index in [9.17, 15) is 9.59 Å². The fourth-order valence-electron chi connectivity index (χ4n) is 1.92. The van der Waals surface area contributed by atoms with Gasteiger partial charge in [0.05, 0.1) is 6.61 Å². The molecule has 7 heteroatoms. The predicted octanol–water partition coefficient (Wildman–Crippen LogP) is 1.86. The van der Waals surface area contributed by atoms with Gasteiger partial charge in [0, 0.05) is 0 Å². The lowest BCUT2D eigenvalue weighted by molar-refractivity contribution is -0.148. The average molecular weight is 278 g/mol. The first-order valence-electron chi connectivity index (χ1n) is 6.45. The van der Waals surface area contributed by atoms with E-state index in [1.54, 1.807) is 0 Å². The van der Waals surface area contributed by atoms with Crippen molar-refractivity contribution in [3.8, 4) is 0 Å². The molecule has 1 saturated carbocycles. The molecule has 106 valence electrons. The van der Waals surface area contributed by atoms with Crippen LogP contribution < -0.4 is 0 Å². The standard InChI is InChI=1S/C13H14N2O5/c1-7(2)6-18-12(17)13(3-4-13)11-15-10-9(20-11)14-8(5-16)19-10/h5,7H,3-4,6H2,1-2H3. The molecule has 0 amide bonds. The molecule has 0 aromatic carbocycles. The monoisotopic (exact) mass is 278 g/mol. The molecule has 0 radical (unpaired) electrons. The molecule has 1 fully saturated rings. The summed E-state index contributed by atoms with van der Waals surface area (Å²) in [6, 6.07) is 0. The number of fused-ring (bicyclic) bond motifs is 1. The van der Waals surface area contributed by atoms with Gasteiger partial charge in [0.25, 0.3) is 17.3 Å². The van der Waals surface area contributed by atoms with Crippen molar-refractivity contribution >= 4 is 23.7 Å². The molecule has 0 aliphatic heterocycles. The number of hydrogen-bond donors (Lipinski definition) is 0. The van der Waals surface area contributed by atoms with E-state index < -0.39 is 5.41 Å². The minimum absolute atomic E-state index is 0.0926. The van der Waals surface area contributed by atoms with E-state index in [1.807, 2.05) is 13.8 Å². The molecule has 3 rings (SSSR count). The van der Waals surface area contributed by atoms with Crippen molar-refractivity contribution in [2.75, 3.05) is 6.61 Å². The first kappa shape index (κ1) is 12.8. The molecule has 1 aliphatic carbocycles. The number of nitrogens with zero attached hydrogens (tertiary/aromatic N) is 2. The van der Waals surface area contributed by atoms with Gasteiger partial charge in [0.2, 0.25) is 12.2 Å². The number of carbonyl (C=O) groups excluding carboxylic acids is 2. The summed E-state index contributed by atoms with van der Waals surface area (Å²) in [5.41, 5.74) is -0.547. The van der Waals surface area contributed by atoms with Crippen LogP contribution in [0.15, 0.2) is 8.83 Å². The Morgan fingerprint density at radius 3 is 2.60 bits per heavy atom. The van der Waals surface area contributed by atoms with Gasteiger partial charge >= 0.3 is 5.97 Å². The van der Waals surface area contributed by atoms with Crippen molar-refractivity contribution in [1.82, 2.24) is 9.97 Å². The third kappa shape index (κ3) is 1.99. The number of oxazole rings is 2. The lowest BCUT2D eigenvalue weighted by Gasteiger charge is -2.12. The number of aldehydes is 1. The number of rotatable bonds is 5. The summed E-state index contributed by atoms with van der Waals surface area (Å²) in [6.07, 6.45) is 1.74. The van der Waals surface area contributed by atoms with E-state index in [-0.39, 0.29) is 35.1 Å². The molecule has 2 aromatic heterocycles. The Balaban J connectivity index is 1.84. The second kappa shape index (κ2) is 4.43. The molecule has 0 saturated heterocycles. The van der Waals surface area contributed by atoms with Crippen molar-refractivity contribution in [3.05, 3.63) is 11.8 Å². The van der Waals surface area contributed by atoms with Crippen LogP contribution in [0.3, 0.4) is 0 Å². The quantitative estimate of drug-likeness (QED) is 0.608. The summed E-state index contributed by atoms with van der Waals surface area (Å²) >= 11 is 0. The highest BCUT2D eigenvalue weighted by Gasteiger charge is 2.57. The topological polar surface area (TPSA) is 95.4 Å². The molecule has 0 unspecified atom stereocenters. The Labute approximate surface area is 114 Å². The summed E-state index contributed by atoms with van der Waals surface area (Å²) in [4.78, 5) is 30.6. The minimum Gasteiger partial charge on any atom is -0.465 e. The maximum absolute atomic E-state index is 12.1. The average Bonchev–Trinajstić information content (AvgIpc) is 2.98. The van der Waals surface area contributed by atoms with Crippen LogP contribution in [0, 0.1) is 5.92 Å². The zero-order valence-electron chi connectivity index (χ0n) is 11.2. The lowest BCUT2D eigenvalue weighted by atomic mass is 10.1. The Hall–Kier alpha value is -2.18. The first-order valence-corrected chi connectivity index (χ1v) is 6.45. The summed E-state index contributed by atoms with van der Waals surface area (Å²) in [5, 5.41) is 0. The normalized spacial score (nSPS) is 16.6. The van der Waals surface area contributed by atoms with Gasteiger partial charge in [-0.05, 0) is 18.8 Å². The molecule has 2 aromatic rings. The van der Waals surface area contributed by atoms with Crippen LogP contribution >= 0.6 is 0 Å². The van der Waals surface area contributed by atoms with Crippen molar-refractivity contribution < 1.29 is 23.2 Å².